The summed E-state index contributed by atoms with van der Waals surface area (Å²) >= 11 is 12.4. The topological polar surface area (TPSA) is 84.8 Å². The highest BCUT2D eigenvalue weighted by molar-refractivity contribution is 7.94. The first-order chi connectivity index (χ1) is 9.95. The summed E-state index contributed by atoms with van der Waals surface area (Å²) in [5.74, 6) is -0.0418. The largest absolute Gasteiger partial charge is 0.274 e. The Morgan fingerprint density at radius 2 is 1.76 bits per heavy atom. The third kappa shape index (κ3) is 2.93. The Kier molecular flexibility index (Phi) is 3.70. The van der Waals surface area contributed by atoms with Crippen LogP contribution in [-0.2, 0) is 10.0 Å². The highest BCUT2D eigenvalue weighted by atomic mass is 35.5. The Morgan fingerprint density at radius 1 is 1.10 bits per heavy atom. The quantitative estimate of drug-likeness (QED) is 0.774. The molecule has 3 aromatic rings. The van der Waals surface area contributed by atoms with Gasteiger partial charge in [0.05, 0.1) is 17.2 Å². The van der Waals surface area contributed by atoms with Crippen molar-refractivity contribution in [3.8, 4) is 0 Å². The van der Waals surface area contributed by atoms with E-state index in [1.807, 2.05) is 0 Å². The highest BCUT2D eigenvalue weighted by Crippen LogP contribution is 2.27. The van der Waals surface area contributed by atoms with Crippen LogP contribution in [0, 0.1) is 0 Å². The van der Waals surface area contributed by atoms with Gasteiger partial charge in [-0.3, -0.25) is 4.72 Å². The maximum Gasteiger partial charge on any atom is 0.274 e. The normalized spacial score (nSPS) is 11.7. The van der Waals surface area contributed by atoms with Crippen molar-refractivity contribution >= 4 is 61.4 Å². The van der Waals surface area contributed by atoms with E-state index in [-0.39, 0.29) is 19.6 Å². The summed E-state index contributed by atoms with van der Waals surface area (Å²) in [6, 6.07) is 7.00. The summed E-state index contributed by atoms with van der Waals surface area (Å²) in [6.07, 6.45) is 1.16. The van der Waals surface area contributed by atoms with Crippen LogP contribution in [0.5, 0.6) is 0 Å². The summed E-state index contributed by atoms with van der Waals surface area (Å²) in [6.45, 7) is 0. The number of nitrogens with one attached hydrogen (secondary N) is 1. The first kappa shape index (κ1) is 14.5. The maximum absolute atomic E-state index is 12.2. The van der Waals surface area contributed by atoms with E-state index >= 15 is 0 Å². The Morgan fingerprint density at radius 3 is 2.38 bits per heavy atom. The van der Waals surface area contributed by atoms with Crippen molar-refractivity contribution in [2.45, 2.75) is 4.21 Å². The number of halogens is 2. The lowest BCUT2D eigenvalue weighted by atomic mass is 10.3. The van der Waals surface area contributed by atoms with E-state index in [0.29, 0.717) is 11.0 Å². The number of hydrogen-bond donors (Lipinski definition) is 1. The second-order valence-corrected chi connectivity index (χ2v) is 7.77. The molecule has 0 atom stereocenters. The minimum absolute atomic E-state index is 0.0291. The van der Waals surface area contributed by atoms with Gasteiger partial charge in [0.25, 0.3) is 10.0 Å². The molecule has 6 nitrogen and oxygen atoms in total. The SMILES string of the molecule is O=S(=O)(Nc1nc2ccccc2nc1Cl)c1cnc(Cl)s1. The number of fused-ring (bicyclic) bond motifs is 1. The van der Waals surface area contributed by atoms with Crippen LogP contribution >= 0.6 is 34.5 Å². The molecule has 0 radical (unpaired) electrons. The Labute approximate surface area is 133 Å². The summed E-state index contributed by atoms with van der Waals surface area (Å²) in [5.41, 5.74) is 1.10. The van der Waals surface area contributed by atoms with Crippen molar-refractivity contribution in [2.24, 2.45) is 0 Å². The van der Waals surface area contributed by atoms with Crippen molar-refractivity contribution in [1.82, 2.24) is 15.0 Å². The van der Waals surface area contributed by atoms with Crippen LogP contribution in [0.1, 0.15) is 0 Å². The molecule has 0 saturated heterocycles. The number of para-hydroxylation sites is 2. The first-order valence-electron chi connectivity index (χ1n) is 5.52. The third-order valence-corrected chi connectivity index (χ3v) is 5.66. The van der Waals surface area contributed by atoms with Crippen LogP contribution in [0.25, 0.3) is 11.0 Å². The fourth-order valence-corrected chi connectivity index (χ4v) is 4.12. The summed E-state index contributed by atoms with van der Waals surface area (Å²) in [7, 11) is -3.85. The average molecular weight is 361 g/mol. The monoisotopic (exact) mass is 360 g/mol. The average Bonchev–Trinajstić information content (AvgIpc) is 2.87. The van der Waals surface area contributed by atoms with Crippen LogP contribution in [0.3, 0.4) is 0 Å². The molecule has 0 fully saturated rings. The van der Waals surface area contributed by atoms with Crippen LogP contribution in [-0.4, -0.2) is 23.4 Å². The van der Waals surface area contributed by atoms with Gasteiger partial charge >= 0.3 is 0 Å². The zero-order valence-corrected chi connectivity index (χ0v) is 13.3. The van der Waals surface area contributed by atoms with Gasteiger partial charge < -0.3 is 0 Å². The molecule has 0 bridgehead atoms. The molecule has 1 aromatic carbocycles. The number of sulfonamides is 1. The number of benzene rings is 1. The van der Waals surface area contributed by atoms with Gasteiger partial charge in [-0.05, 0) is 12.1 Å². The van der Waals surface area contributed by atoms with E-state index in [2.05, 4.69) is 19.7 Å². The molecule has 0 aliphatic carbocycles. The molecule has 2 aromatic heterocycles. The number of aromatic nitrogens is 3. The van der Waals surface area contributed by atoms with Crippen LogP contribution in [0.2, 0.25) is 9.62 Å². The van der Waals surface area contributed by atoms with Gasteiger partial charge in [-0.25, -0.2) is 23.4 Å². The molecule has 0 amide bonds. The second-order valence-electron chi connectivity index (χ2n) is 3.89. The third-order valence-electron chi connectivity index (χ3n) is 2.48. The first-order valence-corrected chi connectivity index (χ1v) is 8.58. The lowest BCUT2D eigenvalue weighted by Crippen LogP contribution is -2.13. The van der Waals surface area contributed by atoms with E-state index in [4.69, 9.17) is 23.2 Å². The van der Waals surface area contributed by atoms with Crippen molar-refractivity contribution in [3.05, 3.63) is 40.1 Å². The molecule has 0 saturated carbocycles. The smallest absolute Gasteiger partial charge is 0.260 e. The second kappa shape index (κ2) is 5.38. The molecule has 3 rings (SSSR count). The highest BCUT2D eigenvalue weighted by Gasteiger charge is 2.20. The fraction of sp³-hybridized carbons (Fsp3) is 0. The van der Waals surface area contributed by atoms with Crippen LogP contribution < -0.4 is 4.72 Å². The molecule has 0 unspecified atom stereocenters. The van der Waals surface area contributed by atoms with Crippen LogP contribution in [0.15, 0.2) is 34.7 Å². The molecular weight excluding hydrogens is 355 g/mol. The van der Waals surface area contributed by atoms with Gasteiger partial charge in [0, 0.05) is 0 Å². The summed E-state index contributed by atoms with van der Waals surface area (Å²) < 4.78 is 26.7. The molecule has 0 aliphatic heterocycles. The van der Waals surface area contributed by atoms with Gasteiger partial charge in [0.15, 0.2) is 19.6 Å². The number of rotatable bonds is 3. The van der Waals surface area contributed by atoms with E-state index in [0.717, 1.165) is 17.5 Å². The number of anilines is 1. The minimum atomic E-state index is -3.85. The van der Waals surface area contributed by atoms with Gasteiger partial charge in [-0.15, -0.1) is 0 Å². The van der Waals surface area contributed by atoms with E-state index < -0.39 is 10.0 Å². The molecule has 1 N–H and O–H groups in total. The maximum atomic E-state index is 12.2. The van der Waals surface area contributed by atoms with Gasteiger partial charge in [0.1, 0.15) is 0 Å². The van der Waals surface area contributed by atoms with Gasteiger partial charge in [-0.1, -0.05) is 46.7 Å². The molecule has 0 aliphatic rings. The fourth-order valence-electron chi connectivity index (χ4n) is 1.58. The van der Waals surface area contributed by atoms with Crippen LogP contribution in [0.4, 0.5) is 5.82 Å². The van der Waals surface area contributed by atoms with Crippen molar-refractivity contribution < 1.29 is 8.42 Å². The molecule has 2 heterocycles. The van der Waals surface area contributed by atoms with E-state index in [1.165, 1.54) is 0 Å². The molecule has 0 spiro atoms. The van der Waals surface area contributed by atoms with Crippen molar-refractivity contribution in [2.75, 3.05) is 4.72 Å². The Balaban J connectivity index is 2.03. The van der Waals surface area contributed by atoms with Crippen molar-refractivity contribution in [3.63, 3.8) is 0 Å². The van der Waals surface area contributed by atoms with Gasteiger partial charge in [0.2, 0.25) is 0 Å². The minimum Gasteiger partial charge on any atom is -0.260 e. The number of hydrogen-bond acceptors (Lipinski definition) is 6. The molecule has 10 heteroatoms. The Bertz CT molecular complexity index is 927. The molecular formula is C11H6Cl2N4O2S2. The van der Waals surface area contributed by atoms with Gasteiger partial charge in [-0.2, -0.15) is 0 Å². The zero-order chi connectivity index (χ0) is 15.0. The van der Waals surface area contributed by atoms with E-state index in [1.54, 1.807) is 24.3 Å². The standard InChI is InChI=1S/C11H6Cl2N4O2S2/c12-9-10(16-7-4-2-1-3-6(7)15-9)17-21(18,19)8-5-14-11(13)20-8/h1-5H,(H,16,17). The predicted molar refractivity (Wildman–Crippen MR) is 82.5 cm³/mol. The zero-order valence-electron chi connectivity index (χ0n) is 10.1. The lowest BCUT2D eigenvalue weighted by molar-refractivity contribution is 0.603. The molecule has 108 valence electrons. The lowest BCUT2D eigenvalue weighted by Gasteiger charge is -2.07. The Hall–Kier alpha value is -1.48. The summed E-state index contributed by atoms with van der Waals surface area (Å²) in [5, 5.41) is -0.0344. The summed E-state index contributed by atoms with van der Waals surface area (Å²) in [4.78, 5) is 11.9. The number of nitrogens with zero attached hydrogens (tertiary/aromatic N) is 3. The van der Waals surface area contributed by atoms with E-state index in [9.17, 15) is 8.42 Å². The molecule has 21 heavy (non-hydrogen) atoms. The predicted octanol–water partition coefficient (Wildman–Crippen LogP) is 3.19. The number of thiazole rings is 1. The van der Waals surface area contributed by atoms with Crippen molar-refractivity contribution in [1.29, 1.82) is 0 Å².